The van der Waals surface area contributed by atoms with Gasteiger partial charge < -0.3 is 10.5 Å². The first-order valence-corrected chi connectivity index (χ1v) is 5.42. The van der Waals surface area contributed by atoms with Gasteiger partial charge in [0.1, 0.15) is 0 Å². The molecule has 0 fully saturated rings. The molecule has 0 aliphatic heterocycles. The summed E-state index contributed by atoms with van der Waals surface area (Å²) < 4.78 is 4.97. The fraction of sp³-hybridized carbons (Fsp3) is 0.0909. The highest BCUT2D eigenvalue weighted by molar-refractivity contribution is 7.17. The normalized spacial score (nSPS) is 10.1. The number of carbonyl (C=O) groups excluding carboxylic acids is 1. The molecule has 0 spiro atoms. The van der Waals surface area contributed by atoms with E-state index in [4.69, 9.17) is 10.5 Å². The molecule has 1 amide bonds. The van der Waals surface area contributed by atoms with Gasteiger partial charge in [-0.3, -0.25) is 4.79 Å². The molecule has 2 aromatic rings. The second-order valence-electron chi connectivity index (χ2n) is 3.12. The van der Waals surface area contributed by atoms with Crippen LogP contribution >= 0.6 is 11.3 Å². The Labute approximate surface area is 96.7 Å². The van der Waals surface area contributed by atoms with Gasteiger partial charge in [0.05, 0.1) is 12.0 Å². The van der Waals surface area contributed by atoms with Gasteiger partial charge in [-0.05, 0) is 18.2 Å². The van der Waals surface area contributed by atoms with Crippen LogP contribution in [0.25, 0.3) is 10.4 Å². The number of methoxy groups -OCH3 is 1. The first kappa shape index (κ1) is 10.6. The van der Waals surface area contributed by atoms with Gasteiger partial charge in [-0.1, -0.05) is 0 Å². The predicted octanol–water partition coefficient (Wildman–Crippen LogP) is 1.92. The summed E-state index contributed by atoms with van der Waals surface area (Å²) in [5.41, 5.74) is 6.13. The van der Waals surface area contributed by atoms with E-state index < -0.39 is 5.91 Å². The summed E-state index contributed by atoms with van der Waals surface area (Å²) in [5, 5.41) is 0. The topological polar surface area (TPSA) is 65.2 Å². The molecular formula is C11H10N2O2S. The van der Waals surface area contributed by atoms with E-state index in [1.807, 2.05) is 12.1 Å². The van der Waals surface area contributed by atoms with Crippen molar-refractivity contribution in [3.63, 3.8) is 0 Å². The Hall–Kier alpha value is -1.88. The Morgan fingerprint density at radius 2 is 2.19 bits per heavy atom. The van der Waals surface area contributed by atoms with Gasteiger partial charge in [0.25, 0.3) is 5.91 Å². The first-order valence-electron chi connectivity index (χ1n) is 4.61. The van der Waals surface area contributed by atoms with Gasteiger partial charge in [0.15, 0.2) is 0 Å². The average Bonchev–Trinajstić information content (AvgIpc) is 2.78. The van der Waals surface area contributed by atoms with E-state index in [9.17, 15) is 4.79 Å². The SMILES string of the molecule is COc1ccc(-c2ccc(C(N)=O)s2)cn1. The van der Waals surface area contributed by atoms with Crippen LogP contribution in [-0.2, 0) is 0 Å². The monoisotopic (exact) mass is 234 g/mol. The minimum atomic E-state index is -0.405. The van der Waals surface area contributed by atoms with Crippen LogP contribution in [0, 0.1) is 0 Å². The van der Waals surface area contributed by atoms with Crippen LogP contribution in [-0.4, -0.2) is 18.0 Å². The number of primary amides is 1. The Kier molecular flexibility index (Phi) is 2.87. The maximum absolute atomic E-state index is 10.9. The number of amides is 1. The third-order valence-corrected chi connectivity index (χ3v) is 3.23. The van der Waals surface area contributed by atoms with Gasteiger partial charge in [0.2, 0.25) is 5.88 Å². The molecule has 0 saturated heterocycles. The van der Waals surface area contributed by atoms with Crippen LogP contribution in [0.2, 0.25) is 0 Å². The highest BCUT2D eigenvalue weighted by Crippen LogP contribution is 2.27. The molecule has 5 heteroatoms. The Morgan fingerprint density at radius 3 is 2.69 bits per heavy atom. The molecule has 0 aromatic carbocycles. The number of ether oxygens (including phenoxy) is 1. The van der Waals surface area contributed by atoms with Crippen molar-refractivity contribution >= 4 is 17.2 Å². The zero-order chi connectivity index (χ0) is 11.5. The number of hydrogen-bond donors (Lipinski definition) is 1. The summed E-state index contributed by atoms with van der Waals surface area (Å²) in [6.07, 6.45) is 1.70. The average molecular weight is 234 g/mol. The molecule has 0 aliphatic carbocycles. The molecular weight excluding hydrogens is 224 g/mol. The lowest BCUT2D eigenvalue weighted by molar-refractivity contribution is 0.100. The fourth-order valence-electron chi connectivity index (χ4n) is 1.27. The highest BCUT2D eigenvalue weighted by atomic mass is 32.1. The van der Waals surface area contributed by atoms with Crippen molar-refractivity contribution in [1.29, 1.82) is 0 Å². The van der Waals surface area contributed by atoms with E-state index in [0.717, 1.165) is 10.4 Å². The van der Waals surface area contributed by atoms with Gasteiger partial charge in [0, 0.05) is 22.7 Å². The summed E-state index contributed by atoms with van der Waals surface area (Å²) in [4.78, 5) is 16.5. The molecule has 0 bridgehead atoms. The zero-order valence-corrected chi connectivity index (χ0v) is 9.45. The predicted molar refractivity (Wildman–Crippen MR) is 62.6 cm³/mol. The second kappa shape index (κ2) is 4.32. The van der Waals surface area contributed by atoms with E-state index in [-0.39, 0.29) is 0 Å². The van der Waals surface area contributed by atoms with Crippen molar-refractivity contribution < 1.29 is 9.53 Å². The van der Waals surface area contributed by atoms with E-state index >= 15 is 0 Å². The van der Waals surface area contributed by atoms with Crippen molar-refractivity contribution in [2.45, 2.75) is 0 Å². The number of hydrogen-bond acceptors (Lipinski definition) is 4. The molecule has 0 aliphatic rings. The van der Waals surface area contributed by atoms with E-state index in [2.05, 4.69) is 4.98 Å². The molecule has 0 radical (unpaired) electrons. The zero-order valence-electron chi connectivity index (χ0n) is 8.64. The fourth-order valence-corrected chi connectivity index (χ4v) is 2.12. The van der Waals surface area contributed by atoms with Crippen LogP contribution < -0.4 is 10.5 Å². The lowest BCUT2D eigenvalue weighted by atomic mass is 10.2. The van der Waals surface area contributed by atoms with Crippen molar-refractivity contribution in [1.82, 2.24) is 4.98 Å². The molecule has 2 N–H and O–H groups in total. The van der Waals surface area contributed by atoms with Gasteiger partial charge in [-0.15, -0.1) is 11.3 Å². The molecule has 2 rings (SSSR count). The summed E-state index contributed by atoms with van der Waals surface area (Å²) in [6.45, 7) is 0. The molecule has 0 unspecified atom stereocenters. The van der Waals surface area contributed by atoms with Crippen LogP contribution in [0.15, 0.2) is 30.5 Å². The minimum absolute atomic E-state index is 0.405. The molecule has 0 atom stereocenters. The third kappa shape index (κ3) is 2.04. The van der Waals surface area contributed by atoms with Crippen LogP contribution in [0.5, 0.6) is 5.88 Å². The molecule has 16 heavy (non-hydrogen) atoms. The summed E-state index contributed by atoms with van der Waals surface area (Å²) in [7, 11) is 1.57. The first-order chi connectivity index (χ1) is 7.70. The largest absolute Gasteiger partial charge is 0.481 e. The van der Waals surface area contributed by atoms with Crippen LogP contribution in [0.1, 0.15) is 9.67 Å². The Balaban J connectivity index is 2.31. The van der Waals surface area contributed by atoms with E-state index in [1.54, 1.807) is 25.4 Å². The van der Waals surface area contributed by atoms with E-state index in [0.29, 0.717) is 10.8 Å². The number of aromatic nitrogens is 1. The number of nitrogens with zero attached hydrogens (tertiary/aromatic N) is 1. The summed E-state index contributed by atoms with van der Waals surface area (Å²) in [5.74, 6) is 0.160. The molecule has 2 aromatic heterocycles. The molecule has 4 nitrogen and oxygen atoms in total. The number of thiophene rings is 1. The molecule has 82 valence electrons. The van der Waals surface area contributed by atoms with Gasteiger partial charge in [-0.2, -0.15) is 0 Å². The molecule has 0 saturated carbocycles. The number of rotatable bonds is 3. The van der Waals surface area contributed by atoms with Gasteiger partial charge >= 0.3 is 0 Å². The lowest BCUT2D eigenvalue weighted by Crippen LogP contribution is -2.07. The number of nitrogens with two attached hydrogens (primary N) is 1. The second-order valence-corrected chi connectivity index (χ2v) is 4.20. The van der Waals surface area contributed by atoms with Crippen molar-refractivity contribution in [3.05, 3.63) is 35.3 Å². The highest BCUT2D eigenvalue weighted by Gasteiger charge is 2.07. The Morgan fingerprint density at radius 1 is 1.38 bits per heavy atom. The third-order valence-electron chi connectivity index (χ3n) is 2.08. The van der Waals surface area contributed by atoms with E-state index in [1.165, 1.54) is 11.3 Å². The lowest BCUT2D eigenvalue weighted by Gasteiger charge is -1.99. The van der Waals surface area contributed by atoms with Crippen LogP contribution in [0.4, 0.5) is 0 Å². The summed E-state index contributed by atoms with van der Waals surface area (Å²) >= 11 is 1.35. The smallest absolute Gasteiger partial charge is 0.258 e. The van der Waals surface area contributed by atoms with Crippen molar-refractivity contribution in [2.75, 3.05) is 7.11 Å². The number of carbonyl (C=O) groups is 1. The van der Waals surface area contributed by atoms with Crippen molar-refractivity contribution in [3.8, 4) is 16.3 Å². The Bertz CT molecular complexity index is 505. The maximum atomic E-state index is 10.9. The standard InChI is InChI=1S/C11H10N2O2S/c1-15-10-5-2-7(6-13-10)8-3-4-9(16-8)11(12)14/h2-6H,1H3,(H2,12,14). The van der Waals surface area contributed by atoms with Gasteiger partial charge in [-0.25, -0.2) is 4.98 Å². The number of pyridine rings is 1. The minimum Gasteiger partial charge on any atom is -0.481 e. The van der Waals surface area contributed by atoms with Crippen LogP contribution in [0.3, 0.4) is 0 Å². The van der Waals surface area contributed by atoms with Crippen molar-refractivity contribution in [2.24, 2.45) is 5.73 Å². The molecule has 2 heterocycles. The maximum Gasteiger partial charge on any atom is 0.258 e. The quantitative estimate of drug-likeness (QED) is 0.882. The summed E-state index contributed by atoms with van der Waals surface area (Å²) in [6, 6.07) is 7.24.